The summed E-state index contributed by atoms with van der Waals surface area (Å²) in [5, 5.41) is 2.73. The predicted octanol–water partition coefficient (Wildman–Crippen LogP) is 5.60. The van der Waals surface area contributed by atoms with Crippen molar-refractivity contribution in [1.29, 1.82) is 0 Å². The number of hydrogen-bond acceptors (Lipinski definition) is 3. The first kappa shape index (κ1) is 27.9. The molecule has 12 heteroatoms. The van der Waals surface area contributed by atoms with Crippen molar-refractivity contribution in [2.75, 3.05) is 6.54 Å². The summed E-state index contributed by atoms with van der Waals surface area (Å²) in [6.45, 7) is 2.70. The van der Waals surface area contributed by atoms with E-state index in [9.17, 15) is 40.3 Å². The Morgan fingerprint density at radius 3 is 2.13 bits per heavy atom. The standard InChI is InChI=1S/C26H25F7N2O3/c1-13(16-7-17(25(28,29)30)9-18(8-16)26(31,32)33)38-22-12-35-21(10-20(11-23(35)37)34-14(2)36)24(22)15-3-5-19(27)6-4-15/h3-9,13,20-22,24H,10-12H2,1-2H3,(H,34,36)/t13-,20?,21?,22+,24+/m1/s1. The van der Waals surface area contributed by atoms with Crippen molar-refractivity contribution in [1.82, 2.24) is 10.2 Å². The van der Waals surface area contributed by atoms with Gasteiger partial charge < -0.3 is 15.0 Å². The van der Waals surface area contributed by atoms with Crippen LogP contribution in [0.25, 0.3) is 0 Å². The van der Waals surface area contributed by atoms with Gasteiger partial charge in [-0.2, -0.15) is 26.3 Å². The summed E-state index contributed by atoms with van der Waals surface area (Å²) in [5.74, 6) is -1.66. The zero-order chi connectivity index (χ0) is 28.0. The fourth-order valence-electron chi connectivity index (χ4n) is 5.35. The van der Waals surface area contributed by atoms with Gasteiger partial charge in [-0.3, -0.25) is 9.59 Å². The monoisotopic (exact) mass is 546 g/mol. The second-order valence-electron chi connectivity index (χ2n) is 9.68. The first-order chi connectivity index (χ1) is 17.6. The van der Waals surface area contributed by atoms with Crippen LogP contribution in [0.2, 0.25) is 0 Å². The number of hydrogen-bond donors (Lipinski definition) is 1. The highest BCUT2D eigenvalue weighted by molar-refractivity contribution is 5.80. The van der Waals surface area contributed by atoms with Crippen molar-refractivity contribution in [2.45, 2.75) is 69.3 Å². The highest BCUT2D eigenvalue weighted by Gasteiger charge is 2.49. The van der Waals surface area contributed by atoms with Gasteiger partial charge in [0, 0.05) is 37.9 Å². The third-order valence-electron chi connectivity index (χ3n) is 6.98. The van der Waals surface area contributed by atoms with Gasteiger partial charge in [0.15, 0.2) is 0 Å². The fraction of sp³-hybridized carbons (Fsp3) is 0.462. The minimum Gasteiger partial charge on any atom is -0.368 e. The number of halogens is 7. The first-order valence-corrected chi connectivity index (χ1v) is 11.9. The minimum absolute atomic E-state index is 0.0355. The van der Waals surface area contributed by atoms with E-state index in [1.807, 2.05) is 0 Å². The van der Waals surface area contributed by atoms with E-state index in [0.29, 0.717) is 24.1 Å². The molecule has 2 saturated heterocycles. The highest BCUT2D eigenvalue weighted by Crippen LogP contribution is 2.43. The van der Waals surface area contributed by atoms with Crippen LogP contribution in [0.5, 0.6) is 0 Å². The average molecular weight is 546 g/mol. The van der Waals surface area contributed by atoms with Crippen LogP contribution in [0.4, 0.5) is 30.7 Å². The predicted molar refractivity (Wildman–Crippen MR) is 121 cm³/mol. The molecular weight excluding hydrogens is 521 g/mol. The Morgan fingerprint density at radius 1 is 1.03 bits per heavy atom. The number of ether oxygens (including phenoxy) is 1. The summed E-state index contributed by atoms with van der Waals surface area (Å²) in [4.78, 5) is 26.1. The van der Waals surface area contributed by atoms with Gasteiger partial charge in [0.25, 0.3) is 0 Å². The second kappa shape index (κ2) is 10.2. The van der Waals surface area contributed by atoms with Crippen LogP contribution < -0.4 is 5.32 Å². The molecule has 0 aromatic heterocycles. The number of nitrogens with one attached hydrogen (secondary N) is 1. The maximum absolute atomic E-state index is 13.6. The number of alkyl halides is 6. The molecule has 2 fully saturated rings. The van der Waals surface area contributed by atoms with Crippen molar-refractivity contribution in [2.24, 2.45) is 0 Å². The number of carbonyl (C=O) groups is 2. The number of fused-ring (bicyclic) bond motifs is 1. The first-order valence-electron chi connectivity index (χ1n) is 11.9. The summed E-state index contributed by atoms with van der Waals surface area (Å²) in [7, 11) is 0. The Labute approximate surface area is 213 Å². The Morgan fingerprint density at radius 2 is 1.61 bits per heavy atom. The lowest BCUT2D eigenvalue weighted by Gasteiger charge is -2.37. The fourth-order valence-corrected chi connectivity index (χ4v) is 5.35. The Kier molecular flexibility index (Phi) is 7.48. The van der Waals surface area contributed by atoms with Crippen LogP contribution in [0.3, 0.4) is 0 Å². The molecule has 2 aliphatic heterocycles. The Bertz CT molecular complexity index is 1160. The summed E-state index contributed by atoms with van der Waals surface area (Å²) in [6, 6.07) is 5.79. The maximum Gasteiger partial charge on any atom is 0.416 e. The molecule has 5 atom stereocenters. The van der Waals surface area contributed by atoms with E-state index in [-0.39, 0.29) is 36.4 Å². The zero-order valence-electron chi connectivity index (χ0n) is 20.4. The third kappa shape index (κ3) is 5.95. The van der Waals surface area contributed by atoms with Crippen LogP contribution >= 0.6 is 0 Å². The highest BCUT2D eigenvalue weighted by atomic mass is 19.4. The van der Waals surface area contributed by atoms with Gasteiger partial charge in [-0.05, 0) is 54.8 Å². The normalized spacial score (nSPS) is 24.8. The molecule has 0 saturated carbocycles. The molecule has 2 aromatic rings. The molecule has 2 aromatic carbocycles. The van der Waals surface area contributed by atoms with Gasteiger partial charge in [-0.25, -0.2) is 4.39 Å². The second-order valence-corrected chi connectivity index (χ2v) is 9.68. The van der Waals surface area contributed by atoms with Crippen LogP contribution in [0, 0.1) is 5.82 Å². The van der Waals surface area contributed by atoms with E-state index >= 15 is 0 Å². The van der Waals surface area contributed by atoms with E-state index in [1.165, 1.54) is 38.1 Å². The van der Waals surface area contributed by atoms with Crippen molar-refractivity contribution >= 4 is 11.8 Å². The van der Waals surface area contributed by atoms with E-state index in [4.69, 9.17) is 4.74 Å². The van der Waals surface area contributed by atoms with Gasteiger partial charge >= 0.3 is 12.4 Å². The van der Waals surface area contributed by atoms with Gasteiger partial charge in [-0.1, -0.05) is 12.1 Å². The molecule has 2 unspecified atom stereocenters. The maximum atomic E-state index is 13.6. The largest absolute Gasteiger partial charge is 0.416 e. The molecular formula is C26H25F7N2O3. The number of benzene rings is 2. The average Bonchev–Trinajstić information content (AvgIpc) is 3.16. The Balaban J connectivity index is 1.68. The molecule has 206 valence electrons. The van der Waals surface area contributed by atoms with Crippen LogP contribution in [-0.2, 0) is 26.7 Å². The van der Waals surface area contributed by atoms with Crippen LogP contribution in [-0.4, -0.2) is 41.4 Å². The lowest BCUT2D eigenvalue weighted by molar-refractivity contribution is -0.143. The summed E-state index contributed by atoms with van der Waals surface area (Å²) in [5.41, 5.74) is -2.64. The number of nitrogens with zero attached hydrogens (tertiary/aromatic N) is 1. The number of amides is 2. The smallest absolute Gasteiger partial charge is 0.368 e. The topological polar surface area (TPSA) is 58.6 Å². The number of rotatable bonds is 5. The quantitative estimate of drug-likeness (QED) is 0.497. The van der Waals surface area contributed by atoms with E-state index in [2.05, 4.69) is 5.32 Å². The lowest BCUT2D eigenvalue weighted by Crippen LogP contribution is -2.51. The molecule has 0 aliphatic carbocycles. The SMILES string of the molecule is CC(=O)NC1CC(=O)N2C[C@H](O[C@H](C)c3cc(C(F)(F)F)cc(C(F)(F)F)c3)[C@@H](c3ccc(F)cc3)C2C1. The third-order valence-corrected chi connectivity index (χ3v) is 6.98. The molecule has 0 bridgehead atoms. The molecule has 5 nitrogen and oxygen atoms in total. The minimum atomic E-state index is -5.01. The van der Waals surface area contributed by atoms with Crippen molar-refractivity contribution in [3.8, 4) is 0 Å². The van der Waals surface area contributed by atoms with Crippen molar-refractivity contribution < 1.29 is 45.1 Å². The molecule has 2 amide bonds. The number of carbonyl (C=O) groups excluding carboxylic acids is 2. The zero-order valence-corrected chi connectivity index (χ0v) is 20.4. The number of piperidine rings is 1. The van der Waals surface area contributed by atoms with Gasteiger partial charge in [0.1, 0.15) is 5.82 Å². The van der Waals surface area contributed by atoms with Gasteiger partial charge in [0.05, 0.1) is 23.3 Å². The van der Waals surface area contributed by atoms with E-state index < -0.39 is 59.5 Å². The van der Waals surface area contributed by atoms with Crippen LogP contribution in [0.1, 0.15) is 61.0 Å². The molecule has 0 radical (unpaired) electrons. The van der Waals surface area contributed by atoms with Crippen molar-refractivity contribution in [3.63, 3.8) is 0 Å². The molecule has 2 aliphatic rings. The summed E-state index contributed by atoms with van der Waals surface area (Å²) in [6.07, 6.45) is -11.6. The van der Waals surface area contributed by atoms with E-state index in [0.717, 1.165) is 0 Å². The molecule has 0 spiro atoms. The Hall–Kier alpha value is -3.15. The van der Waals surface area contributed by atoms with Gasteiger partial charge in [-0.15, -0.1) is 0 Å². The summed E-state index contributed by atoms with van der Waals surface area (Å²) < 4.78 is 100.0. The molecule has 2 heterocycles. The van der Waals surface area contributed by atoms with Crippen molar-refractivity contribution in [3.05, 3.63) is 70.5 Å². The van der Waals surface area contributed by atoms with Crippen LogP contribution in [0.15, 0.2) is 42.5 Å². The molecule has 38 heavy (non-hydrogen) atoms. The van der Waals surface area contributed by atoms with E-state index in [1.54, 1.807) is 4.90 Å². The summed E-state index contributed by atoms with van der Waals surface area (Å²) >= 11 is 0. The molecule has 1 N–H and O–H groups in total. The lowest BCUT2D eigenvalue weighted by atomic mass is 9.84. The van der Waals surface area contributed by atoms with Gasteiger partial charge in [0.2, 0.25) is 11.8 Å². The molecule has 4 rings (SSSR count).